The van der Waals surface area contributed by atoms with Crippen LogP contribution in [0.25, 0.3) is 0 Å². The Bertz CT molecular complexity index is 403. The number of hydrogen-bond donors (Lipinski definition) is 0. The van der Waals surface area contributed by atoms with Gasteiger partial charge in [-0.25, -0.2) is 0 Å². The molecular weight excluding hydrogens is 182 g/mol. The Balaban J connectivity index is 3.46. The quantitative estimate of drug-likeness (QED) is 0.679. The van der Waals surface area contributed by atoms with Crippen LogP contribution in [0.4, 0.5) is 0 Å². The van der Waals surface area contributed by atoms with Gasteiger partial charge in [0.05, 0.1) is 11.6 Å². The number of benzene rings is 1. The van der Waals surface area contributed by atoms with E-state index < -0.39 is 0 Å². The van der Waals surface area contributed by atoms with Gasteiger partial charge >= 0.3 is 0 Å². The van der Waals surface area contributed by atoms with Gasteiger partial charge in [-0.2, -0.15) is 5.26 Å². The maximum atomic E-state index is 8.98. The molecule has 0 heterocycles. The molecule has 0 saturated heterocycles. The van der Waals surface area contributed by atoms with Crippen LogP contribution in [0.5, 0.6) is 0 Å². The summed E-state index contributed by atoms with van der Waals surface area (Å²) in [7, 11) is 0. The maximum absolute atomic E-state index is 8.98. The van der Waals surface area contributed by atoms with Crippen molar-refractivity contribution in [3.8, 4) is 6.07 Å². The van der Waals surface area contributed by atoms with Crippen LogP contribution in [0.2, 0.25) is 0 Å². The summed E-state index contributed by atoms with van der Waals surface area (Å²) in [4.78, 5) is 0. The highest BCUT2D eigenvalue weighted by atomic mass is 14.3. The van der Waals surface area contributed by atoms with E-state index in [9.17, 15) is 0 Å². The molecule has 1 aromatic rings. The first-order valence-corrected chi connectivity index (χ1v) is 5.44. The summed E-state index contributed by atoms with van der Waals surface area (Å²) in [5, 5.41) is 8.98. The van der Waals surface area contributed by atoms with E-state index in [1.165, 1.54) is 11.1 Å². The van der Waals surface area contributed by atoms with E-state index in [-0.39, 0.29) is 5.41 Å². The summed E-state index contributed by atoms with van der Waals surface area (Å²) in [5.74, 6) is 0. The summed E-state index contributed by atoms with van der Waals surface area (Å²) in [6.07, 6.45) is 0.994. The fourth-order valence-electron chi connectivity index (χ4n) is 2.04. The van der Waals surface area contributed by atoms with Crippen molar-refractivity contribution in [2.24, 2.45) is 0 Å². The van der Waals surface area contributed by atoms with Crippen molar-refractivity contribution in [3.63, 3.8) is 0 Å². The van der Waals surface area contributed by atoms with E-state index in [0.29, 0.717) is 0 Å². The second-order valence-corrected chi connectivity index (χ2v) is 4.98. The topological polar surface area (TPSA) is 23.8 Å². The lowest BCUT2D eigenvalue weighted by Gasteiger charge is -2.24. The first-order chi connectivity index (χ1) is 6.91. The summed E-state index contributed by atoms with van der Waals surface area (Å²) >= 11 is 0. The Hall–Kier alpha value is -1.29. The molecule has 0 aromatic heterocycles. The summed E-state index contributed by atoms with van der Waals surface area (Å²) in [6.45, 7) is 10.8. The minimum absolute atomic E-state index is 0.157. The largest absolute Gasteiger partial charge is 0.192 e. The monoisotopic (exact) mass is 201 g/mol. The van der Waals surface area contributed by atoms with Gasteiger partial charge in [0.2, 0.25) is 0 Å². The number of hydrogen-bond acceptors (Lipinski definition) is 1. The zero-order chi connectivity index (χ0) is 11.6. The number of nitrogens with zero attached hydrogens (tertiary/aromatic N) is 1. The van der Waals surface area contributed by atoms with Gasteiger partial charge in [0.1, 0.15) is 0 Å². The first-order valence-electron chi connectivity index (χ1n) is 5.44. The van der Waals surface area contributed by atoms with E-state index >= 15 is 0 Å². The van der Waals surface area contributed by atoms with Gasteiger partial charge < -0.3 is 0 Å². The van der Waals surface area contributed by atoms with Crippen LogP contribution in [0.3, 0.4) is 0 Å². The Morgan fingerprint density at radius 1 is 1.27 bits per heavy atom. The average Bonchev–Trinajstić information content (AvgIpc) is 2.15. The first kappa shape index (κ1) is 11.8. The second-order valence-electron chi connectivity index (χ2n) is 4.98. The van der Waals surface area contributed by atoms with Gasteiger partial charge in [-0.1, -0.05) is 33.8 Å². The molecule has 0 unspecified atom stereocenters. The molecule has 0 N–H and O–H groups in total. The van der Waals surface area contributed by atoms with Crippen LogP contribution in [0.15, 0.2) is 12.1 Å². The molecule has 0 bridgehead atoms. The van der Waals surface area contributed by atoms with Crippen LogP contribution < -0.4 is 0 Å². The van der Waals surface area contributed by atoms with Crippen LogP contribution in [-0.2, 0) is 11.8 Å². The molecule has 0 spiro atoms. The molecule has 0 fully saturated rings. The Kier molecular flexibility index (Phi) is 3.19. The molecule has 1 aromatic carbocycles. The Morgan fingerprint density at radius 2 is 1.87 bits per heavy atom. The Labute approximate surface area is 92.7 Å². The minimum Gasteiger partial charge on any atom is -0.192 e. The number of nitriles is 1. The van der Waals surface area contributed by atoms with Crippen LogP contribution in [0.1, 0.15) is 49.9 Å². The molecule has 0 aliphatic rings. The van der Waals surface area contributed by atoms with Crippen molar-refractivity contribution in [2.45, 2.75) is 46.5 Å². The summed E-state index contributed by atoms with van der Waals surface area (Å²) in [6, 6.07) is 6.29. The molecule has 0 saturated carbocycles. The van der Waals surface area contributed by atoms with Crippen LogP contribution in [-0.4, -0.2) is 0 Å². The third-order valence-corrected chi connectivity index (χ3v) is 2.88. The fraction of sp³-hybridized carbons (Fsp3) is 0.500. The zero-order valence-corrected chi connectivity index (χ0v) is 10.3. The average molecular weight is 201 g/mol. The van der Waals surface area contributed by atoms with Crippen molar-refractivity contribution >= 4 is 0 Å². The van der Waals surface area contributed by atoms with Crippen molar-refractivity contribution in [2.75, 3.05) is 0 Å². The third kappa shape index (κ3) is 2.21. The van der Waals surface area contributed by atoms with Crippen molar-refractivity contribution in [3.05, 3.63) is 34.4 Å². The highest BCUT2D eigenvalue weighted by Gasteiger charge is 2.19. The smallest absolute Gasteiger partial charge is 0.0994 e. The van der Waals surface area contributed by atoms with Crippen molar-refractivity contribution in [1.29, 1.82) is 5.26 Å². The molecule has 1 nitrogen and oxygen atoms in total. The lowest BCUT2D eigenvalue weighted by molar-refractivity contribution is 0.582. The predicted molar refractivity (Wildman–Crippen MR) is 64.0 cm³/mol. The predicted octanol–water partition coefficient (Wildman–Crippen LogP) is 3.73. The Morgan fingerprint density at radius 3 is 2.27 bits per heavy atom. The summed E-state index contributed by atoms with van der Waals surface area (Å²) < 4.78 is 0. The third-order valence-electron chi connectivity index (χ3n) is 2.88. The van der Waals surface area contributed by atoms with Gasteiger partial charge in [0.25, 0.3) is 0 Å². The van der Waals surface area contributed by atoms with Gasteiger partial charge in [0, 0.05) is 0 Å². The molecule has 0 aliphatic carbocycles. The molecule has 0 amide bonds. The zero-order valence-electron chi connectivity index (χ0n) is 10.3. The fourth-order valence-corrected chi connectivity index (χ4v) is 2.04. The molecular formula is C14H19N. The molecule has 0 radical (unpaired) electrons. The second kappa shape index (κ2) is 4.06. The molecule has 1 heteroatoms. The highest BCUT2D eigenvalue weighted by Crippen LogP contribution is 2.29. The van der Waals surface area contributed by atoms with Crippen molar-refractivity contribution in [1.82, 2.24) is 0 Å². The van der Waals surface area contributed by atoms with Crippen LogP contribution in [0, 0.1) is 18.3 Å². The number of rotatable bonds is 1. The SMILES string of the molecule is CCc1c(C(C)(C)C)ccc(C#N)c1C. The standard InChI is InChI=1S/C14H19N/c1-6-12-10(2)11(9-15)7-8-13(12)14(3,4)5/h7-8H,6H2,1-5H3. The van der Waals surface area contributed by atoms with E-state index in [4.69, 9.17) is 5.26 Å². The minimum atomic E-state index is 0.157. The van der Waals surface area contributed by atoms with Crippen LogP contribution >= 0.6 is 0 Å². The molecule has 0 atom stereocenters. The molecule has 1 rings (SSSR count). The van der Waals surface area contributed by atoms with Gasteiger partial charge in [-0.05, 0) is 41.5 Å². The van der Waals surface area contributed by atoms with Gasteiger partial charge in [-0.3, -0.25) is 0 Å². The molecule has 0 aliphatic heterocycles. The lowest BCUT2D eigenvalue weighted by Crippen LogP contribution is -2.15. The molecule has 80 valence electrons. The maximum Gasteiger partial charge on any atom is 0.0994 e. The van der Waals surface area contributed by atoms with E-state index in [0.717, 1.165) is 17.5 Å². The van der Waals surface area contributed by atoms with Gasteiger partial charge in [-0.15, -0.1) is 0 Å². The van der Waals surface area contributed by atoms with E-state index in [1.54, 1.807) is 0 Å². The van der Waals surface area contributed by atoms with E-state index in [1.807, 2.05) is 13.0 Å². The lowest BCUT2D eigenvalue weighted by atomic mass is 9.80. The normalized spacial score (nSPS) is 11.2. The summed E-state index contributed by atoms with van der Waals surface area (Å²) in [5.41, 5.74) is 4.81. The van der Waals surface area contributed by atoms with Crippen molar-refractivity contribution < 1.29 is 0 Å². The molecule has 15 heavy (non-hydrogen) atoms. The van der Waals surface area contributed by atoms with E-state index in [2.05, 4.69) is 39.8 Å². The highest BCUT2D eigenvalue weighted by molar-refractivity contribution is 5.48. The van der Waals surface area contributed by atoms with Gasteiger partial charge in [0.15, 0.2) is 0 Å².